The maximum atomic E-state index is 5.94. The van der Waals surface area contributed by atoms with Crippen molar-refractivity contribution in [2.45, 2.75) is 26.3 Å². The second-order valence-corrected chi connectivity index (χ2v) is 4.01. The topological polar surface area (TPSA) is 29.3 Å². The van der Waals surface area contributed by atoms with Gasteiger partial charge in [0.25, 0.3) is 0 Å². The summed E-state index contributed by atoms with van der Waals surface area (Å²) in [5, 5.41) is 0. The van der Waals surface area contributed by atoms with Crippen molar-refractivity contribution in [1.82, 2.24) is 4.90 Å². The second kappa shape index (κ2) is 4.01. The predicted molar refractivity (Wildman–Crippen MR) is 60.1 cm³/mol. The molecule has 0 aromatic heterocycles. The van der Waals surface area contributed by atoms with Gasteiger partial charge in [0.2, 0.25) is 0 Å². The van der Waals surface area contributed by atoms with E-state index in [1.54, 1.807) is 0 Å². The quantitative estimate of drug-likeness (QED) is 0.723. The fraction of sp³-hybridized carbons (Fsp3) is 0.500. The highest BCUT2D eigenvalue weighted by atomic mass is 15.1. The fourth-order valence-electron chi connectivity index (χ4n) is 2.20. The summed E-state index contributed by atoms with van der Waals surface area (Å²) < 4.78 is 0. The molecule has 1 aromatic rings. The van der Waals surface area contributed by atoms with Crippen molar-refractivity contribution < 1.29 is 0 Å². The molecule has 2 heteroatoms. The molecule has 14 heavy (non-hydrogen) atoms. The monoisotopic (exact) mass is 190 g/mol. The van der Waals surface area contributed by atoms with Crippen LogP contribution >= 0.6 is 0 Å². The van der Waals surface area contributed by atoms with Crippen LogP contribution in [0.15, 0.2) is 18.2 Å². The number of nitrogens with zero attached hydrogens (tertiary/aromatic N) is 1. The molecule has 0 spiro atoms. The summed E-state index contributed by atoms with van der Waals surface area (Å²) in [5.74, 6) is 0. The molecule has 0 aliphatic carbocycles. The van der Waals surface area contributed by atoms with Gasteiger partial charge in [0.1, 0.15) is 0 Å². The van der Waals surface area contributed by atoms with E-state index in [1.165, 1.54) is 24.1 Å². The maximum Gasteiger partial charge on any atom is 0.0350 e. The van der Waals surface area contributed by atoms with E-state index in [4.69, 9.17) is 5.73 Å². The minimum Gasteiger partial charge on any atom is -0.398 e. The molecule has 1 heterocycles. The average Bonchev–Trinajstić information content (AvgIpc) is 2.18. The van der Waals surface area contributed by atoms with E-state index in [-0.39, 0.29) is 0 Å². The smallest absolute Gasteiger partial charge is 0.0350 e. The Morgan fingerprint density at radius 3 is 3.07 bits per heavy atom. The summed E-state index contributed by atoms with van der Waals surface area (Å²) in [7, 11) is 0. The first-order chi connectivity index (χ1) is 6.81. The van der Waals surface area contributed by atoms with Crippen LogP contribution < -0.4 is 5.73 Å². The van der Waals surface area contributed by atoms with Gasteiger partial charge in [-0.15, -0.1) is 0 Å². The van der Waals surface area contributed by atoms with E-state index in [1.807, 2.05) is 6.07 Å². The van der Waals surface area contributed by atoms with E-state index in [0.29, 0.717) is 0 Å². The van der Waals surface area contributed by atoms with E-state index in [0.717, 1.165) is 25.2 Å². The fourth-order valence-corrected chi connectivity index (χ4v) is 2.20. The minimum absolute atomic E-state index is 0.971. The number of nitrogens with two attached hydrogens (primary N) is 1. The first-order valence-corrected chi connectivity index (χ1v) is 5.40. The zero-order valence-electron chi connectivity index (χ0n) is 8.79. The lowest BCUT2D eigenvalue weighted by Gasteiger charge is -2.29. The standard InChI is InChI=1S/C12H18N2/c1-2-7-14-8-6-11-10(9-14)4-3-5-12(11)13/h3-5H,2,6-9,13H2,1H3. The van der Waals surface area contributed by atoms with Crippen LogP contribution in [0.4, 0.5) is 5.69 Å². The van der Waals surface area contributed by atoms with Crippen LogP contribution in [0.1, 0.15) is 24.5 Å². The normalized spacial score (nSPS) is 16.6. The van der Waals surface area contributed by atoms with Crippen molar-refractivity contribution in [1.29, 1.82) is 0 Å². The van der Waals surface area contributed by atoms with Gasteiger partial charge in [0.05, 0.1) is 0 Å². The Bertz CT molecular complexity index is 320. The molecule has 0 atom stereocenters. The Kier molecular flexibility index (Phi) is 2.73. The Hall–Kier alpha value is -1.02. The Morgan fingerprint density at radius 2 is 2.29 bits per heavy atom. The highest BCUT2D eigenvalue weighted by Crippen LogP contribution is 2.23. The lowest BCUT2D eigenvalue weighted by molar-refractivity contribution is 0.255. The van der Waals surface area contributed by atoms with Crippen molar-refractivity contribution in [2.75, 3.05) is 18.8 Å². The highest BCUT2D eigenvalue weighted by Gasteiger charge is 2.16. The molecule has 0 radical (unpaired) electrons. The summed E-state index contributed by atoms with van der Waals surface area (Å²) in [6.07, 6.45) is 2.35. The molecule has 1 aliphatic heterocycles. The van der Waals surface area contributed by atoms with Crippen LogP contribution in [0.2, 0.25) is 0 Å². The summed E-state index contributed by atoms with van der Waals surface area (Å²) >= 11 is 0. The van der Waals surface area contributed by atoms with Crippen LogP contribution in [-0.4, -0.2) is 18.0 Å². The van der Waals surface area contributed by atoms with E-state index < -0.39 is 0 Å². The van der Waals surface area contributed by atoms with Crippen molar-refractivity contribution in [3.63, 3.8) is 0 Å². The predicted octanol–water partition coefficient (Wildman–Crippen LogP) is 2.04. The summed E-state index contributed by atoms with van der Waals surface area (Å²) in [5.41, 5.74) is 9.71. The molecule has 76 valence electrons. The first-order valence-electron chi connectivity index (χ1n) is 5.40. The molecule has 2 rings (SSSR count). The number of rotatable bonds is 2. The molecule has 0 bridgehead atoms. The molecular formula is C12H18N2. The number of benzene rings is 1. The first kappa shape index (κ1) is 9.53. The van der Waals surface area contributed by atoms with Crippen LogP contribution in [0, 0.1) is 0 Å². The van der Waals surface area contributed by atoms with Gasteiger partial charge < -0.3 is 5.73 Å². The number of nitrogen functional groups attached to an aromatic ring is 1. The Balaban J connectivity index is 2.18. The number of fused-ring (bicyclic) bond motifs is 1. The number of hydrogen-bond donors (Lipinski definition) is 1. The number of hydrogen-bond acceptors (Lipinski definition) is 2. The van der Waals surface area contributed by atoms with Gasteiger partial charge in [0.15, 0.2) is 0 Å². The molecule has 0 saturated carbocycles. The summed E-state index contributed by atoms with van der Waals surface area (Å²) in [6.45, 7) is 5.67. The molecule has 2 N–H and O–H groups in total. The van der Waals surface area contributed by atoms with Gasteiger partial charge >= 0.3 is 0 Å². The Morgan fingerprint density at radius 1 is 1.43 bits per heavy atom. The molecule has 0 unspecified atom stereocenters. The molecule has 0 amide bonds. The molecule has 0 fully saturated rings. The van der Waals surface area contributed by atoms with Crippen LogP contribution in [0.5, 0.6) is 0 Å². The zero-order valence-corrected chi connectivity index (χ0v) is 8.79. The van der Waals surface area contributed by atoms with Crippen molar-refractivity contribution in [3.8, 4) is 0 Å². The second-order valence-electron chi connectivity index (χ2n) is 4.01. The molecule has 2 nitrogen and oxygen atoms in total. The molecular weight excluding hydrogens is 172 g/mol. The molecule has 1 aromatic carbocycles. The minimum atomic E-state index is 0.971. The summed E-state index contributed by atoms with van der Waals surface area (Å²) in [6, 6.07) is 6.27. The maximum absolute atomic E-state index is 5.94. The van der Waals surface area contributed by atoms with Crippen LogP contribution in [0.25, 0.3) is 0 Å². The third kappa shape index (κ3) is 1.75. The summed E-state index contributed by atoms with van der Waals surface area (Å²) in [4.78, 5) is 2.50. The van der Waals surface area contributed by atoms with Crippen molar-refractivity contribution in [3.05, 3.63) is 29.3 Å². The third-order valence-corrected chi connectivity index (χ3v) is 2.92. The lowest BCUT2D eigenvalue weighted by atomic mass is 9.98. The van der Waals surface area contributed by atoms with Gasteiger partial charge in [-0.25, -0.2) is 0 Å². The van der Waals surface area contributed by atoms with Gasteiger partial charge in [-0.05, 0) is 36.6 Å². The zero-order chi connectivity index (χ0) is 9.97. The van der Waals surface area contributed by atoms with Crippen molar-refractivity contribution in [2.24, 2.45) is 0 Å². The SMILES string of the molecule is CCCN1CCc2c(N)cccc2C1. The molecule has 1 aliphatic rings. The van der Waals surface area contributed by atoms with Gasteiger partial charge in [-0.3, -0.25) is 4.90 Å². The number of anilines is 1. The van der Waals surface area contributed by atoms with Gasteiger partial charge in [-0.1, -0.05) is 19.1 Å². The average molecular weight is 190 g/mol. The van der Waals surface area contributed by atoms with Gasteiger partial charge in [-0.2, -0.15) is 0 Å². The Labute approximate surface area is 85.7 Å². The largest absolute Gasteiger partial charge is 0.398 e. The van der Waals surface area contributed by atoms with E-state index >= 15 is 0 Å². The van der Waals surface area contributed by atoms with Gasteiger partial charge in [0, 0.05) is 18.8 Å². The van der Waals surface area contributed by atoms with Crippen molar-refractivity contribution >= 4 is 5.69 Å². The third-order valence-electron chi connectivity index (χ3n) is 2.92. The van der Waals surface area contributed by atoms with E-state index in [2.05, 4.69) is 24.0 Å². The lowest BCUT2D eigenvalue weighted by Crippen LogP contribution is -2.31. The highest BCUT2D eigenvalue weighted by molar-refractivity contribution is 5.51. The van der Waals surface area contributed by atoms with Crippen LogP contribution in [0.3, 0.4) is 0 Å². The van der Waals surface area contributed by atoms with Crippen LogP contribution in [-0.2, 0) is 13.0 Å². The molecule has 0 saturated heterocycles. The van der Waals surface area contributed by atoms with E-state index in [9.17, 15) is 0 Å².